The van der Waals surface area contributed by atoms with E-state index in [4.69, 9.17) is 9.47 Å². The molecular formula is C18H28N2O3. The number of hydrogen-bond acceptors (Lipinski definition) is 3. The highest BCUT2D eigenvalue weighted by Gasteiger charge is 2.14. The van der Waals surface area contributed by atoms with E-state index >= 15 is 0 Å². The maximum atomic E-state index is 11.7. The van der Waals surface area contributed by atoms with Crippen LogP contribution in [-0.2, 0) is 11.3 Å². The van der Waals surface area contributed by atoms with Crippen molar-refractivity contribution in [3.63, 3.8) is 0 Å². The molecule has 1 atom stereocenters. The molecule has 2 N–H and O–H groups in total. The Labute approximate surface area is 138 Å². The summed E-state index contributed by atoms with van der Waals surface area (Å²) in [7, 11) is 1.62. The van der Waals surface area contributed by atoms with Crippen LogP contribution in [-0.4, -0.2) is 31.9 Å². The Morgan fingerprint density at radius 3 is 2.57 bits per heavy atom. The molecule has 0 radical (unpaired) electrons. The lowest BCUT2D eigenvalue weighted by atomic mass is 9.98. The normalized spacial score (nSPS) is 16.6. The van der Waals surface area contributed by atoms with Gasteiger partial charge in [-0.05, 0) is 50.3 Å². The molecule has 1 aromatic carbocycles. The van der Waals surface area contributed by atoms with Crippen LogP contribution in [0.4, 0.5) is 4.79 Å². The molecule has 2 amide bonds. The fourth-order valence-electron chi connectivity index (χ4n) is 2.81. The predicted octanol–water partition coefficient (Wildman–Crippen LogP) is 3.23. The first kappa shape index (κ1) is 17.6. The van der Waals surface area contributed by atoms with Crippen LogP contribution in [0.3, 0.4) is 0 Å². The maximum absolute atomic E-state index is 11.7. The van der Waals surface area contributed by atoms with Crippen LogP contribution in [0.1, 0.15) is 44.6 Å². The number of nitrogens with one attached hydrogen (secondary N) is 2. The molecule has 23 heavy (non-hydrogen) atoms. The van der Waals surface area contributed by atoms with Crippen molar-refractivity contribution in [3.05, 3.63) is 29.8 Å². The SMILES string of the molecule is COCC(C)NC(=O)NCc1ccc(OC2CCCCC2)cc1. The van der Waals surface area contributed by atoms with Crippen LogP contribution in [0, 0.1) is 0 Å². The van der Waals surface area contributed by atoms with Crippen molar-refractivity contribution in [1.82, 2.24) is 10.6 Å². The van der Waals surface area contributed by atoms with Crippen molar-refractivity contribution in [3.8, 4) is 5.75 Å². The first-order valence-electron chi connectivity index (χ1n) is 8.46. The number of carbonyl (C=O) groups excluding carboxylic acids is 1. The van der Waals surface area contributed by atoms with Gasteiger partial charge in [-0.2, -0.15) is 0 Å². The van der Waals surface area contributed by atoms with E-state index in [1.165, 1.54) is 19.3 Å². The van der Waals surface area contributed by atoms with Gasteiger partial charge >= 0.3 is 6.03 Å². The van der Waals surface area contributed by atoms with Gasteiger partial charge in [0.25, 0.3) is 0 Å². The number of benzene rings is 1. The third-order valence-corrected chi connectivity index (χ3v) is 4.03. The molecule has 0 heterocycles. The van der Waals surface area contributed by atoms with Crippen LogP contribution in [0.5, 0.6) is 5.75 Å². The summed E-state index contributed by atoms with van der Waals surface area (Å²) in [6, 6.07) is 7.77. The van der Waals surface area contributed by atoms with E-state index in [0.29, 0.717) is 19.3 Å². The average Bonchev–Trinajstić information content (AvgIpc) is 2.55. The number of urea groups is 1. The predicted molar refractivity (Wildman–Crippen MR) is 90.7 cm³/mol. The molecule has 1 saturated carbocycles. The van der Waals surface area contributed by atoms with Crippen molar-refractivity contribution in [2.75, 3.05) is 13.7 Å². The van der Waals surface area contributed by atoms with E-state index in [0.717, 1.165) is 24.2 Å². The molecule has 128 valence electrons. The Kier molecular flexibility index (Phi) is 7.20. The van der Waals surface area contributed by atoms with Crippen molar-refractivity contribution < 1.29 is 14.3 Å². The number of amides is 2. The molecule has 1 aliphatic rings. The number of rotatable bonds is 7. The van der Waals surface area contributed by atoms with E-state index in [9.17, 15) is 4.79 Å². The second-order valence-corrected chi connectivity index (χ2v) is 6.21. The Hall–Kier alpha value is -1.75. The molecule has 1 fully saturated rings. The van der Waals surface area contributed by atoms with Gasteiger partial charge in [-0.3, -0.25) is 0 Å². The average molecular weight is 320 g/mol. The van der Waals surface area contributed by atoms with E-state index in [-0.39, 0.29) is 12.1 Å². The lowest BCUT2D eigenvalue weighted by Gasteiger charge is -2.23. The summed E-state index contributed by atoms with van der Waals surface area (Å²) in [6.45, 7) is 2.90. The number of hydrogen-bond donors (Lipinski definition) is 2. The second-order valence-electron chi connectivity index (χ2n) is 6.21. The minimum absolute atomic E-state index is 0.00808. The minimum Gasteiger partial charge on any atom is -0.490 e. The van der Waals surface area contributed by atoms with Gasteiger partial charge in [-0.25, -0.2) is 4.79 Å². The van der Waals surface area contributed by atoms with E-state index in [1.54, 1.807) is 7.11 Å². The van der Waals surface area contributed by atoms with Crippen LogP contribution in [0.2, 0.25) is 0 Å². The summed E-state index contributed by atoms with van der Waals surface area (Å²) in [4.78, 5) is 11.7. The van der Waals surface area contributed by atoms with Crippen molar-refractivity contribution in [2.45, 2.75) is 57.7 Å². The molecule has 5 heteroatoms. The minimum atomic E-state index is -0.183. The standard InChI is InChI=1S/C18H28N2O3/c1-14(13-22-2)20-18(21)19-12-15-8-10-17(11-9-15)23-16-6-4-3-5-7-16/h8-11,14,16H,3-7,12-13H2,1-2H3,(H2,19,20,21). The van der Waals surface area contributed by atoms with Crippen LogP contribution >= 0.6 is 0 Å². The van der Waals surface area contributed by atoms with Gasteiger partial charge in [0.05, 0.1) is 18.8 Å². The highest BCUT2D eigenvalue weighted by Crippen LogP contribution is 2.23. The lowest BCUT2D eigenvalue weighted by Crippen LogP contribution is -2.42. The molecule has 2 rings (SSSR count). The van der Waals surface area contributed by atoms with Crippen LogP contribution < -0.4 is 15.4 Å². The topological polar surface area (TPSA) is 59.6 Å². The molecule has 1 unspecified atom stereocenters. The molecule has 0 saturated heterocycles. The summed E-state index contributed by atoms with van der Waals surface area (Å²) < 4.78 is 11.0. The molecular weight excluding hydrogens is 292 g/mol. The van der Waals surface area contributed by atoms with Crippen LogP contribution in [0.15, 0.2) is 24.3 Å². The van der Waals surface area contributed by atoms with Gasteiger partial charge < -0.3 is 20.1 Å². The fraction of sp³-hybridized carbons (Fsp3) is 0.611. The Morgan fingerprint density at radius 2 is 1.91 bits per heavy atom. The summed E-state index contributed by atoms with van der Waals surface area (Å²) >= 11 is 0. The lowest BCUT2D eigenvalue weighted by molar-refractivity contribution is 0.155. The van der Waals surface area contributed by atoms with Gasteiger partial charge in [0.1, 0.15) is 5.75 Å². The first-order chi connectivity index (χ1) is 11.2. The Bertz CT molecular complexity index is 470. The summed E-state index contributed by atoms with van der Waals surface area (Å²) in [5.41, 5.74) is 1.05. The van der Waals surface area contributed by atoms with Crippen molar-refractivity contribution in [1.29, 1.82) is 0 Å². The summed E-state index contributed by atoms with van der Waals surface area (Å²) in [6.07, 6.45) is 6.54. The molecule has 5 nitrogen and oxygen atoms in total. The zero-order chi connectivity index (χ0) is 16.5. The smallest absolute Gasteiger partial charge is 0.315 e. The highest BCUT2D eigenvalue weighted by molar-refractivity contribution is 5.74. The maximum Gasteiger partial charge on any atom is 0.315 e. The highest BCUT2D eigenvalue weighted by atomic mass is 16.5. The largest absolute Gasteiger partial charge is 0.490 e. The molecule has 1 aliphatic carbocycles. The zero-order valence-corrected chi connectivity index (χ0v) is 14.1. The monoisotopic (exact) mass is 320 g/mol. The quantitative estimate of drug-likeness (QED) is 0.811. The third-order valence-electron chi connectivity index (χ3n) is 4.03. The number of ether oxygens (including phenoxy) is 2. The molecule has 0 bridgehead atoms. The molecule has 0 aliphatic heterocycles. The van der Waals surface area contributed by atoms with Gasteiger partial charge in [0.15, 0.2) is 0 Å². The molecule has 0 aromatic heterocycles. The van der Waals surface area contributed by atoms with Gasteiger partial charge in [-0.1, -0.05) is 18.6 Å². The van der Waals surface area contributed by atoms with Gasteiger partial charge in [-0.15, -0.1) is 0 Å². The zero-order valence-electron chi connectivity index (χ0n) is 14.1. The fourth-order valence-corrected chi connectivity index (χ4v) is 2.81. The van der Waals surface area contributed by atoms with Crippen molar-refractivity contribution in [2.24, 2.45) is 0 Å². The van der Waals surface area contributed by atoms with Gasteiger partial charge in [0.2, 0.25) is 0 Å². The van der Waals surface area contributed by atoms with E-state index in [1.807, 2.05) is 31.2 Å². The van der Waals surface area contributed by atoms with E-state index < -0.39 is 0 Å². The number of carbonyl (C=O) groups is 1. The van der Waals surface area contributed by atoms with Crippen molar-refractivity contribution >= 4 is 6.03 Å². The molecule has 0 spiro atoms. The summed E-state index contributed by atoms with van der Waals surface area (Å²) in [5.74, 6) is 0.916. The third kappa shape index (κ3) is 6.48. The molecule has 1 aromatic rings. The Balaban J connectivity index is 1.72. The number of methoxy groups -OCH3 is 1. The first-order valence-corrected chi connectivity index (χ1v) is 8.46. The van der Waals surface area contributed by atoms with Crippen LogP contribution in [0.25, 0.3) is 0 Å². The summed E-state index contributed by atoms with van der Waals surface area (Å²) in [5, 5.41) is 5.66. The Morgan fingerprint density at radius 1 is 1.22 bits per heavy atom. The van der Waals surface area contributed by atoms with E-state index in [2.05, 4.69) is 10.6 Å². The van der Waals surface area contributed by atoms with Gasteiger partial charge in [0, 0.05) is 13.7 Å². The second kappa shape index (κ2) is 9.40.